The maximum absolute atomic E-state index is 12.3. The third-order valence-electron chi connectivity index (χ3n) is 4.11. The SMILES string of the molecule is CC(C)S(=O)(=O)c1ccc(CC(=O)N2CC(Oc3nccs3)C2)cc1. The lowest BCUT2D eigenvalue weighted by molar-refractivity contribution is -0.139. The zero-order valence-corrected chi connectivity index (χ0v) is 15.7. The number of ether oxygens (including phenoxy) is 1. The Morgan fingerprint density at radius 3 is 2.56 bits per heavy atom. The van der Waals surface area contributed by atoms with Gasteiger partial charge in [0.05, 0.1) is 29.7 Å². The van der Waals surface area contributed by atoms with Crippen LogP contribution in [0.1, 0.15) is 19.4 Å². The van der Waals surface area contributed by atoms with Crippen molar-refractivity contribution in [1.82, 2.24) is 9.88 Å². The summed E-state index contributed by atoms with van der Waals surface area (Å²) in [6.45, 7) is 4.41. The zero-order chi connectivity index (χ0) is 18.0. The van der Waals surface area contributed by atoms with Gasteiger partial charge >= 0.3 is 0 Å². The van der Waals surface area contributed by atoms with Crippen molar-refractivity contribution in [2.75, 3.05) is 13.1 Å². The third kappa shape index (κ3) is 4.01. The Balaban J connectivity index is 1.52. The van der Waals surface area contributed by atoms with Crippen LogP contribution >= 0.6 is 11.3 Å². The summed E-state index contributed by atoms with van der Waals surface area (Å²) in [7, 11) is -3.28. The van der Waals surface area contributed by atoms with Gasteiger partial charge in [0.1, 0.15) is 6.10 Å². The quantitative estimate of drug-likeness (QED) is 0.767. The molecule has 25 heavy (non-hydrogen) atoms. The van der Waals surface area contributed by atoms with Crippen LogP contribution in [0, 0.1) is 0 Å². The van der Waals surface area contributed by atoms with Crippen LogP contribution in [-0.2, 0) is 21.1 Å². The summed E-state index contributed by atoms with van der Waals surface area (Å²) in [5, 5.41) is 2.01. The van der Waals surface area contributed by atoms with E-state index in [1.807, 2.05) is 5.38 Å². The lowest BCUT2D eigenvalue weighted by Crippen LogP contribution is -2.56. The van der Waals surface area contributed by atoms with E-state index in [1.54, 1.807) is 49.2 Å². The Morgan fingerprint density at radius 1 is 1.32 bits per heavy atom. The van der Waals surface area contributed by atoms with Crippen LogP contribution in [0.4, 0.5) is 0 Å². The first-order chi connectivity index (χ1) is 11.9. The van der Waals surface area contributed by atoms with Crippen molar-refractivity contribution in [1.29, 1.82) is 0 Å². The van der Waals surface area contributed by atoms with E-state index in [4.69, 9.17) is 4.74 Å². The fourth-order valence-corrected chi connectivity index (χ4v) is 4.09. The minimum absolute atomic E-state index is 0.00587. The van der Waals surface area contributed by atoms with Crippen LogP contribution < -0.4 is 4.74 Å². The number of carbonyl (C=O) groups is 1. The summed E-state index contributed by atoms with van der Waals surface area (Å²) in [4.78, 5) is 18.4. The average Bonchev–Trinajstić information content (AvgIpc) is 3.03. The molecule has 0 radical (unpaired) electrons. The largest absolute Gasteiger partial charge is 0.463 e. The van der Waals surface area contributed by atoms with E-state index in [2.05, 4.69) is 4.98 Å². The van der Waals surface area contributed by atoms with Crippen LogP contribution in [0.25, 0.3) is 0 Å². The molecular formula is C17H20N2O4S2. The van der Waals surface area contributed by atoms with Gasteiger partial charge in [0.2, 0.25) is 5.91 Å². The number of benzene rings is 1. The Kier molecular flexibility index (Phi) is 5.10. The second kappa shape index (κ2) is 7.13. The maximum atomic E-state index is 12.3. The molecule has 0 N–H and O–H groups in total. The highest BCUT2D eigenvalue weighted by molar-refractivity contribution is 7.92. The molecule has 0 saturated carbocycles. The molecule has 0 spiro atoms. The van der Waals surface area contributed by atoms with E-state index in [9.17, 15) is 13.2 Å². The van der Waals surface area contributed by atoms with E-state index in [0.717, 1.165) is 5.56 Å². The molecule has 0 unspecified atom stereocenters. The second-order valence-electron chi connectivity index (χ2n) is 6.25. The molecule has 0 atom stereocenters. The number of amides is 1. The van der Waals surface area contributed by atoms with Crippen LogP contribution in [0.2, 0.25) is 0 Å². The fraction of sp³-hybridized carbons (Fsp3) is 0.412. The van der Waals surface area contributed by atoms with Gasteiger partial charge in [-0.1, -0.05) is 23.5 Å². The average molecular weight is 380 g/mol. The smallest absolute Gasteiger partial charge is 0.273 e. The predicted molar refractivity (Wildman–Crippen MR) is 95.6 cm³/mol. The molecule has 2 heterocycles. The van der Waals surface area contributed by atoms with Gasteiger partial charge in [0, 0.05) is 11.6 Å². The molecule has 0 aliphatic carbocycles. The lowest BCUT2D eigenvalue weighted by Gasteiger charge is -2.38. The summed E-state index contributed by atoms with van der Waals surface area (Å²) in [5.41, 5.74) is 0.803. The molecule has 1 fully saturated rings. The van der Waals surface area contributed by atoms with Crippen LogP contribution in [0.3, 0.4) is 0 Å². The molecular weight excluding hydrogens is 360 g/mol. The van der Waals surface area contributed by atoms with Gasteiger partial charge in [-0.15, -0.1) is 0 Å². The van der Waals surface area contributed by atoms with Gasteiger partial charge in [0.15, 0.2) is 9.84 Å². The Bertz CT molecular complexity index is 824. The normalized spacial score (nSPS) is 15.2. The highest BCUT2D eigenvalue weighted by Crippen LogP contribution is 2.21. The summed E-state index contributed by atoms with van der Waals surface area (Å²) >= 11 is 1.43. The molecule has 1 saturated heterocycles. The molecule has 134 valence electrons. The van der Waals surface area contributed by atoms with Gasteiger partial charge < -0.3 is 9.64 Å². The first-order valence-corrected chi connectivity index (χ1v) is 10.5. The standard InChI is InChI=1S/C17H20N2O4S2/c1-12(2)25(21,22)15-5-3-13(4-6-15)9-16(20)19-10-14(11-19)23-17-18-7-8-24-17/h3-8,12,14H,9-11H2,1-2H3. The zero-order valence-electron chi connectivity index (χ0n) is 14.1. The van der Waals surface area contributed by atoms with Crippen LogP contribution in [-0.4, -0.2) is 48.7 Å². The molecule has 1 aromatic carbocycles. The van der Waals surface area contributed by atoms with Crippen LogP contribution in [0.5, 0.6) is 5.19 Å². The van der Waals surface area contributed by atoms with Crippen molar-refractivity contribution in [3.63, 3.8) is 0 Å². The first kappa shape index (κ1) is 17.9. The van der Waals surface area contributed by atoms with Gasteiger partial charge in [-0.25, -0.2) is 13.4 Å². The van der Waals surface area contributed by atoms with Crippen molar-refractivity contribution in [3.8, 4) is 5.19 Å². The van der Waals surface area contributed by atoms with Gasteiger partial charge in [-0.2, -0.15) is 0 Å². The molecule has 1 aliphatic rings. The monoisotopic (exact) mass is 380 g/mol. The van der Waals surface area contributed by atoms with Crippen molar-refractivity contribution < 1.29 is 17.9 Å². The molecule has 3 rings (SSSR count). The van der Waals surface area contributed by atoms with Gasteiger partial charge in [0.25, 0.3) is 5.19 Å². The lowest BCUT2D eigenvalue weighted by atomic mass is 10.1. The first-order valence-electron chi connectivity index (χ1n) is 8.03. The molecule has 8 heteroatoms. The summed E-state index contributed by atoms with van der Waals surface area (Å²) in [6.07, 6.45) is 1.94. The number of nitrogens with zero attached hydrogens (tertiary/aromatic N) is 2. The van der Waals surface area contributed by atoms with E-state index in [0.29, 0.717) is 23.2 Å². The van der Waals surface area contributed by atoms with Gasteiger partial charge in [-0.3, -0.25) is 4.79 Å². The fourth-order valence-electron chi connectivity index (χ4n) is 2.48. The molecule has 1 aromatic heterocycles. The maximum Gasteiger partial charge on any atom is 0.273 e. The number of carbonyl (C=O) groups excluding carboxylic acids is 1. The summed E-state index contributed by atoms with van der Waals surface area (Å²) in [5.74, 6) is 0.0125. The number of aromatic nitrogens is 1. The van der Waals surface area contributed by atoms with E-state index >= 15 is 0 Å². The number of rotatable bonds is 6. The minimum atomic E-state index is -3.28. The highest BCUT2D eigenvalue weighted by atomic mass is 32.2. The third-order valence-corrected chi connectivity index (χ3v) is 6.94. The highest BCUT2D eigenvalue weighted by Gasteiger charge is 2.32. The number of likely N-dealkylation sites (tertiary alicyclic amines) is 1. The number of thiazole rings is 1. The van der Waals surface area contributed by atoms with E-state index in [-0.39, 0.29) is 18.4 Å². The van der Waals surface area contributed by atoms with Crippen molar-refractivity contribution >= 4 is 27.1 Å². The van der Waals surface area contributed by atoms with Crippen molar-refractivity contribution in [3.05, 3.63) is 41.4 Å². The Morgan fingerprint density at radius 2 is 2.00 bits per heavy atom. The summed E-state index contributed by atoms with van der Waals surface area (Å²) < 4.78 is 29.8. The molecule has 0 bridgehead atoms. The van der Waals surface area contributed by atoms with Gasteiger partial charge in [-0.05, 0) is 31.5 Å². The van der Waals surface area contributed by atoms with Crippen molar-refractivity contribution in [2.45, 2.75) is 36.5 Å². The molecule has 2 aromatic rings. The van der Waals surface area contributed by atoms with Crippen molar-refractivity contribution in [2.24, 2.45) is 0 Å². The summed E-state index contributed by atoms with van der Waals surface area (Å²) in [6, 6.07) is 6.55. The number of sulfone groups is 1. The number of hydrogen-bond donors (Lipinski definition) is 0. The molecule has 1 aliphatic heterocycles. The second-order valence-corrected chi connectivity index (χ2v) is 9.61. The van der Waals surface area contributed by atoms with E-state index < -0.39 is 15.1 Å². The Labute approximate surface area is 151 Å². The van der Waals surface area contributed by atoms with Crippen LogP contribution in [0.15, 0.2) is 40.7 Å². The topological polar surface area (TPSA) is 76.6 Å². The number of hydrogen-bond acceptors (Lipinski definition) is 6. The molecule has 6 nitrogen and oxygen atoms in total. The Hall–Kier alpha value is -1.93. The predicted octanol–water partition coefficient (Wildman–Crippen LogP) is 2.16. The molecule has 1 amide bonds. The van der Waals surface area contributed by atoms with E-state index in [1.165, 1.54) is 11.3 Å². The minimum Gasteiger partial charge on any atom is -0.463 e.